The molecule has 0 bridgehead atoms. The fourth-order valence-corrected chi connectivity index (χ4v) is 2.47. The topological polar surface area (TPSA) is 37.3 Å². The molecule has 0 fully saturated rings. The first-order valence-corrected chi connectivity index (χ1v) is 4.74. The monoisotopic (exact) mass is 178 g/mol. The summed E-state index contributed by atoms with van der Waals surface area (Å²) in [6.45, 7) is 4.08. The van der Waals surface area contributed by atoms with Crippen LogP contribution in [0.2, 0.25) is 0 Å². The van der Waals surface area contributed by atoms with Gasteiger partial charge in [-0.2, -0.15) is 0 Å². The molecule has 0 radical (unpaired) electrons. The van der Waals surface area contributed by atoms with Crippen molar-refractivity contribution in [2.24, 2.45) is 23.7 Å². The van der Waals surface area contributed by atoms with E-state index in [1.54, 1.807) is 0 Å². The van der Waals surface area contributed by atoms with Crippen LogP contribution < -0.4 is 0 Å². The predicted octanol–water partition coefficient (Wildman–Crippen LogP) is 2.09. The van der Waals surface area contributed by atoms with Crippen molar-refractivity contribution in [1.29, 1.82) is 0 Å². The minimum absolute atomic E-state index is 0.0139. The number of aliphatic hydroxyl groups is 1. The molecule has 13 heavy (non-hydrogen) atoms. The molecule has 2 aliphatic carbocycles. The molecular weight excluding hydrogens is 164 g/mol. The highest BCUT2D eigenvalue weighted by Crippen LogP contribution is 2.42. The van der Waals surface area contributed by atoms with Gasteiger partial charge in [-0.15, -0.1) is 0 Å². The van der Waals surface area contributed by atoms with Crippen LogP contribution in [-0.4, -0.2) is 10.9 Å². The van der Waals surface area contributed by atoms with Gasteiger partial charge in [0.15, 0.2) is 5.78 Å². The van der Waals surface area contributed by atoms with Gasteiger partial charge in [-0.1, -0.05) is 26.0 Å². The fraction of sp³-hybridized carbons (Fsp3) is 0.545. The van der Waals surface area contributed by atoms with E-state index in [2.05, 4.69) is 12.2 Å². The molecule has 2 rings (SSSR count). The summed E-state index contributed by atoms with van der Waals surface area (Å²) in [4.78, 5) is 11.5. The van der Waals surface area contributed by atoms with Crippen molar-refractivity contribution in [2.75, 3.05) is 0 Å². The average Bonchev–Trinajstić information content (AvgIpc) is 2.36. The van der Waals surface area contributed by atoms with Gasteiger partial charge in [-0.3, -0.25) is 4.79 Å². The summed E-state index contributed by atoms with van der Waals surface area (Å²) >= 11 is 0. The number of carbonyl (C=O) groups excluding carboxylic acids is 1. The van der Waals surface area contributed by atoms with Crippen LogP contribution in [0.4, 0.5) is 0 Å². The van der Waals surface area contributed by atoms with Crippen molar-refractivity contribution in [1.82, 2.24) is 0 Å². The predicted molar refractivity (Wildman–Crippen MR) is 50.2 cm³/mol. The lowest BCUT2D eigenvalue weighted by Gasteiger charge is -2.30. The summed E-state index contributed by atoms with van der Waals surface area (Å²) in [5.74, 6) is 0.927. The summed E-state index contributed by atoms with van der Waals surface area (Å²) < 4.78 is 0. The lowest BCUT2D eigenvalue weighted by molar-refractivity contribution is -0.119. The van der Waals surface area contributed by atoms with Crippen molar-refractivity contribution in [3.05, 3.63) is 24.0 Å². The number of allylic oxidation sites excluding steroid dienone is 4. The maximum Gasteiger partial charge on any atom is 0.163 e. The quantitative estimate of drug-likeness (QED) is 0.577. The van der Waals surface area contributed by atoms with Gasteiger partial charge in [0, 0.05) is 17.9 Å². The lowest BCUT2D eigenvalue weighted by Crippen LogP contribution is -2.30. The zero-order valence-corrected chi connectivity index (χ0v) is 7.90. The Balaban J connectivity index is 2.38. The maximum atomic E-state index is 11.5. The number of rotatable bonds is 0. The molecule has 4 atom stereocenters. The van der Waals surface area contributed by atoms with Crippen LogP contribution in [0.1, 0.15) is 13.8 Å². The van der Waals surface area contributed by atoms with Gasteiger partial charge in [-0.25, -0.2) is 0 Å². The standard InChI is InChI=1S/C11H14O2/c1-6-3-4-7(2)11-9(13)5-8(12)10(6)11/h3-7,10-12H,1-2H3/t6?,7?,10-,11+/m1/s1. The number of carbonyl (C=O) groups is 1. The van der Waals surface area contributed by atoms with Crippen LogP contribution >= 0.6 is 0 Å². The number of hydrogen-bond acceptors (Lipinski definition) is 2. The number of ketones is 1. The van der Waals surface area contributed by atoms with Gasteiger partial charge >= 0.3 is 0 Å². The van der Waals surface area contributed by atoms with E-state index in [0.29, 0.717) is 0 Å². The smallest absolute Gasteiger partial charge is 0.163 e. The SMILES string of the molecule is CC1C=CC(C)[C@@H]2C(O)=CC(=O)[C@H]12. The molecule has 2 heteroatoms. The second kappa shape index (κ2) is 2.72. The highest BCUT2D eigenvalue weighted by atomic mass is 16.3. The van der Waals surface area contributed by atoms with Gasteiger partial charge in [0.1, 0.15) is 5.76 Å². The van der Waals surface area contributed by atoms with Crippen molar-refractivity contribution >= 4 is 5.78 Å². The second-order valence-electron chi connectivity index (χ2n) is 4.13. The summed E-state index contributed by atoms with van der Waals surface area (Å²) in [5.41, 5.74) is 0. The van der Waals surface area contributed by atoms with Crippen molar-refractivity contribution in [3.8, 4) is 0 Å². The Kier molecular flexibility index (Phi) is 1.79. The molecule has 2 nitrogen and oxygen atoms in total. The molecule has 0 aliphatic heterocycles. The first-order valence-electron chi connectivity index (χ1n) is 4.74. The molecular formula is C11H14O2. The second-order valence-corrected chi connectivity index (χ2v) is 4.13. The molecule has 0 amide bonds. The van der Waals surface area contributed by atoms with E-state index < -0.39 is 0 Å². The summed E-state index contributed by atoms with van der Waals surface area (Å²) in [6, 6.07) is 0. The van der Waals surface area contributed by atoms with E-state index in [0.717, 1.165) is 0 Å². The highest BCUT2D eigenvalue weighted by Gasteiger charge is 2.43. The summed E-state index contributed by atoms with van der Waals surface area (Å²) in [6.07, 6.45) is 5.57. The molecule has 2 unspecified atom stereocenters. The third-order valence-corrected chi connectivity index (χ3v) is 3.20. The molecule has 0 saturated heterocycles. The Labute approximate surface area is 78.0 Å². The van der Waals surface area contributed by atoms with Gasteiger partial charge in [0.05, 0.1) is 0 Å². The van der Waals surface area contributed by atoms with E-state index in [9.17, 15) is 9.90 Å². The average molecular weight is 178 g/mol. The van der Waals surface area contributed by atoms with E-state index in [1.807, 2.05) is 13.8 Å². The van der Waals surface area contributed by atoms with Crippen molar-refractivity contribution < 1.29 is 9.90 Å². The zero-order valence-electron chi connectivity index (χ0n) is 7.90. The normalized spacial score (nSPS) is 43.2. The Morgan fingerprint density at radius 2 is 1.69 bits per heavy atom. The number of aliphatic hydroxyl groups excluding tert-OH is 1. The largest absolute Gasteiger partial charge is 0.512 e. The van der Waals surface area contributed by atoms with Crippen LogP contribution in [0, 0.1) is 23.7 Å². The van der Waals surface area contributed by atoms with Crippen LogP contribution in [0.5, 0.6) is 0 Å². The van der Waals surface area contributed by atoms with E-state index in [1.165, 1.54) is 6.08 Å². The number of hydrogen-bond donors (Lipinski definition) is 1. The van der Waals surface area contributed by atoms with Gasteiger partial charge in [0.2, 0.25) is 0 Å². The van der Waals surface area contributed by atoms with Crippen LogP contribution in [-0.2, 0) is 4.79 Å². The van der Waals surface area contributed by atoms with Crippen LogP contribution in [0.15, 0.2) is 24.0 Å². The molecule has 0 aromatic heterocycles. The maximum absolute atomic E-state index is 11.5. The molecule has 70 valence electrons. The van der Waals surface area contributed by atoms with Crippen molar-refractivity contribution in [3.63, 3.8) is 0 Å². The van der Waals surface area contributed by atoms with E-state index >= 15 is 0 Å². The van der Waals surface area contributed by atoms with E-state index in [4.69, 9.17) is 0 Å². The van der Waals surface area contributed by atoms with Gasteiger partial charge < -0.3 is 5.11 Å². The Morgan fingerprint density at radius 3 is 2.23 bits per heavy atom. The Morgan fingerprint density at radius 1 is 1.15 bits per heavy atom. The summed E-state index contributed by atoms with van der Waals surface area (Å²) in [7, 11) is 0. The van der Waals surface area contributed by atoms with Crippen LogP contribution in [0.3, 0.4) is 0 Å². The molecule has 0 aromatic rings. The van der Waals surface area contributed by atoms with Crippen LogP contribution in [0.25, 0.3) is 0 Å². The first kappa shape index (κ1) is 8.54. The number of fused-ring (bicyclic) bond motifs is 1. The van der Waals surface area contributed by atoms with Gasteiger partial charge in [0.25, 0.3) is 0 Å². The minimum atomic E-state index is -0.0139. The van der Waals surface area contributed by atoms with Gasteiger partial charge in [-0.05, 0) is 11.8 Å². The molecule has 0 aromatic carbocycles. The molecule has 1 N–H and O–H groups in total. The van der Waals surface area contributed by atoms with Crippen molar-refractivity contribution in [2.45, 2.75) is 13.8 Å². The molecule has 0 saturated carbocycles. The lowest BCUT2D eigenvalue weighted by atomic mass is 9.72. The Hall–Kier alpha value is -1.05. The zero-order chi connectivity index (χ0) is 9.59. The minimum Gasteiger partial charge on any atom is -0.512 e. The fourth-order valence-electron chi connectivity index (χ4n) is 2.47. The molecule has 0 spiro atoms. The highest BCUT2D eigenvalue weighted by molar-refractivity contribution is 5.95. The van der Waals surface area contributed by atoms with E-state index in [-0.39, 0.29) is 35.2 Å². The third kappa shape index (κ3) is 1.12. The first-order chi connectivity index (χ1) is 6.11. The molecule has 2 aliphatic rings. The third-order valence-electron chi connectivity index (χ3n) is 3.20. The molecule has 0 heterocycles. The Bertz CT molecular complexity index is 301. The summed E-state index contributed by atoms with van der Waals surface area (Å²) in [5, 5.41) is 9.59.